The molecule has 0 fully saturated rings. The maximum atomic E-state index is 6.20. The quantitative estimate of drug-likeness (QED) is 0.612. The third-order valence-electron chi connectivity index (χ3n) is 3.07. The van der Waals surface area contributed by atoms with Gasteiger partial charge < -0.3 is 9.47 Å². The van der Waals surface area contributed by atoms with E-state index in [4.69, 9.17) is 21.1 Å². The largest absolute Gasteiger partial charge is 0.454 e. The van der Waals surface area contributed by atoms with E-state index in [2.05, 4.69) is 55.7 Å². The van der Waals surface area contributed by atoms with Crippen LogP contribution in [0.3, 0.4) is 0 Å². The Kier molecular flexibility index (Phi) is 4.12. The lowest BCUT2D eigenvalue weighted by molar-refractivity contribution is 0.173. The number of hydrogen-bond donors (Lipinski definition) is 0. The first-order valence-corrected chi connectivity index (χ1v) is 8.26. The van der Waals surface area contributed by atoms with Crippen LogP contribution in [0.5, 0.6) is 11.5 Å². The fourth-order valence-electron chi connectivity index (χ4n) is 2.04. The number of fused-ring (bicyclic) bond motifs is 1. The van der Waals surface area contributed by atoms with E-state index in [0.717, 1.165) is 20.2 Å². The fourth-order valence-corrected chi connectivity index (χ4v) is 3.41. The van der Waals surface area contributed by atoms with E-state index >= 15 is 0 Å². The van der Waals surface area contributed by atoms with Crippen molar-refractivity contribution in [2.75, 3.05) is 6.79 Å². The minimum absolute atomic E-state index is 0.219. The van der Waals surface area contributed by atoms with Crippen LogP contribution in [-0.2, 0) is 0 Å². The molecule has 0 saturated heterocycles. The normalized spacial score (nSPS) is 13.0. The Balaban J connectivity index is 2.15. The molecule has 0 aliphatic carbocycles. The van der Waals surface area contributed by atoms with E-state index in [1.807, 2.05) is 12.1 Å². The molecule has 4 nitrogen and oxygen atoms in total. The van der Waals surface area contributed by atoms with Crippen molar-refractivity contribution in [2.45, 2.75) is 19.8 Å². The van der Waals surface area contributed by atoms with Gasteiger partial charge in [-0.05, 0) is 49.9 Å². The van der Waals surface area contributed by atoms with Gasteiger partial charge in [0.15, 0.2) is 17.3 Å². The molecule has 0 unspecified atom stereocenters. The van der Waals surface area contributed by atoms with Crippen molar-refractivity contribution in [2.24, 2.45) is 0 Å². The second kappa shape index (κ2) is 5.74. The number of benzene rings is 1. The van der Waals surface area contributed by atoms with Crippen LogP contribution < -0.4 is 9.47 Å². The van der Waals surface area contributed by atoms with E-state index in [1.54, 1.807) is 0 Å². The smallest absolute Gasteiger partial charge is 0.231 e. The van der Waals surface area contributed by atoms with Crippen LogP contribution >= 0.6 is 43.5 Å². The number of hydrogen-bond acceptors (Lipinski definition) is 4. The Morgan fingerprint density at radius 2 is 1.95 bits per heavy atom. The molecule has 0 spiro atoms. The summed E-state index contributed by atoms with van der Waals surface area (Å²) in [7, 11) is 0. The molecule has 0 N–H and O–H groups in total. The van der Waals surface area contributed by atoms with Gasteiger partial charge in [0, 0.05) is 5.56 Å². The maximum absolute atomic E-state index is 6.20. The molecule has 0 atom stereocenters. The molecule has 21 heavy (non-hydrogen) atoms. The van der Waals surface area contributed by atoms with Crippen LogP contribution in [0.1, 0.15) is 25.5 Å². The van der Waals surface area contributed by atoms with Crippen molar-refractivity contribution in [3.8, 4) is 22.9 Å². The van der Waals surface area contributed by atoms with Crippen LogP contribution in [0, 0.1) is 0 Å². The molecular weight excluding hydrogens is 423 g/mol. The van der Waals surface area contributed by atoms with Gasteiger partial charge in [0.1, 0.15) is 5.15 Å². The van der Waals surface area contributed by atoms with Crippen LogP contribution in [0.25, 0.3) is 11.4 Å². The molecule has 110 valence electrons. The molecule has 1 aromatic heterocycles. The fraction of sp³-hybridized carbons (Fsp3) is 0.286. The minimum atomic E-state index is 0.219. The summed E-state index contributed by atoms with van der Waals surface area (Å²) in [5.41, 5.74) is 1.70. The highest BCUT2D eigenvalue weighted by molar-refractivity contribution is 9.11. The lowest BCUT2D eigenvalue weighted by Crippen LogP contribution is -2.00. The molecule has 2 heterocycles. The summed E-state index contributed by atoms with van der Waals surface area (Å²) in [5.74, 6) is 2.17. The first-order chi connectivity index (χ1) is 9.97. The third kappa shape index (κ3) is 2.76. The monoisotopic (exact) mass is 432 g/mol. The first kappa shape index (κ1) is 15.1. The molecule has 0 amide bonds. The zero-order valence-corrected chi connectivity index (χ0v) is 15.2. The molecule has 0 radical (unpaired) electrons. The average Bonchev–Trinajstić information content (AvgIpc) is 2.90. The second-order valence-electron chi connectivity index (χ2n) is 4.88. The Morgan fingerprint density at radius 1 is 1.19 bits per heavy atom. The summed E-state index contributed by atoms with van der Waals surface area (Å²) in [6.45, 7) is 4.34. The highest BCUT2D eigenvalue weighted by Crippen LogP contribution is 2.42. The number of ether oxygens (including phenoxy) is 2. The Bertz CT molecular complexity index is 723. The summed E-state index contributed by atoms with van der Waals surface area (Å²) in [5, 5.41) is 0.400. The predicted molar refractivity (Wildman–Crippen MR) is 88.1 cm³/mol. The average molecular weight is 435 g/mol. The maximum Gasteiger partial charge on any atom is 0.231 e. The van der Waals surface area contributed by atoms with Gasteiger partial charge in [-0.25, -0.2) is 9.97 Å². The van der Waals surface area contributed by atoms with E-state index in [0.29, 0.717) is 22.5 Å². The number of halogens is 3. The van der Waals surface area contributed by atoms with Gasteiger partial charge in [-0.2, -0.15) is 0 Å². The molecule has 2 aromatic rings. The van der Waals surface area contributed by atoms with E-state index in [-0.39, 0.29) is 12.7 Å². The van der Waals surface area contributed by atoms with Crippen molar-refractivity contribution >= 4 is 43.5 Å². The molecule has 7 heteroatoms. The highest BCUT2D eigenvalue weighted by Gasteiger charge is 2.21. The van der Waals surface area contributed by atoms with Gasteiger partial charge in [-0.3, -0.25) is 0 Å². The molecule has 0 saturated carbocycles. The van der Waals surface area contributed by atoms with E-state index in [1.165, 1.54) is 0 Å². The van der Waals surface area contributed by atoms with E-state index < -0.39 is 0 Å². The van der Waals surface area contributed by atoms with Crippen molar-refractivity contribution in [3.63, 3.8) is 0 Å². The summed E-state index contributed by atoms with van der Waals surface area (Å²) in [6.07, 6.45) is 0. The number of rotatable bonds is 2. The lowest BCUT2D eigenvalue weighted by atomic mass is 10.1. The van der Waals surface area contributed by atoms with Crippen LogP contribution in [0.4, 0.5) is 0 Å². The standard InChI is InChI=1S/C14H11Br2ClN2O2/c1-6(2)11-10(16)13(17)19-14(18-11)7-3-8(15)12-9(4-7)20-5-21-12/h3-4,6H,5H2,1-2H3. The van der Waals surface area contributed by atoms with E-state index in [9.17, 15) is 0 Å². The first-order valence-electron chi connectivity index (χ1n) is 6.30. The van der Waals surface area contributed by atoms with Crippen LogP contribution in [-0.4, -0.2) is 16.8 Å². The van der Waals surface area contributed by atoms with Gasteiger partial charge >= 0.3 is 0 Å². The molecule has 3 rings (SSSR count). The van der Waals surface area contributed by atoms with Crippen molar-refractivity contribution in [1.82, 2.24) is 9.97 Å². The van der Waals surface area contributed by atoms with Crippen molar-refractivity contribution in [3.05, 3.63) is 31.9 Å². The lowest BCUT2D eigenvalue weighted by Gasteiger charge is -2.11. The zero-order chi connectivity index (χ0) is 15.1. The van der Waals surface area contributed by atoms with Crippen LogP contribution in [0.2, 0.25) is 5.15 Å². The summed E-state index contributed by atoms with van der Waals surface area (Å²) in [6, 6.07) is 3.76. The molecule has 1 aromatic carbocycles. The number of nitrogens with zero attached hydrogens (tertiary/aromatic N) is 2. The summed E-state index contributed by atoms with van der Waals surface area (Å²) in [4.78, 5) is 8.95. The molecular formula is C14H11Br2ClN2O2. The number of aromatic nitrogens is 2. The second-order valence-corrected chi connectivity index (χ2v) is 6.89. The van der Waals surface area contributed by atoms with Crippen molar-refractivity contribution in [1.29, 1.82) is 0 Å². The predicted octanol–water partition coefficient (Wildman–Crippen LogP) is 5.17. The topological polar surface area (TPSA) is 44.2 Å². The van der Waals surface area contributed by atoms with Gasteiger partial charge in [0.25, 0.3) is 0 Å². The SMILES string of the molecule is CC(C)c1nc(-c2cc(Br)c3c(c2)OCO3)nc(Cl)c1Br. The van der Waals surface area contributed by atoms with Gasteiger partial charge in [0.2, 0.25) is 6.79 Å². The van der Waals surface area contributed by atoms with Gasteiger partial charge in [-0.15, -0.1) is 0 Å². The van der Waals surface area contributed by atoms with Gasteiger partial charge in [-0.1, -0.05) is 25.4 Å². The Morgan fingerprint density at radius 3 is 2.67 bits per heavy atom. The Hall–Kier alpha value is -0.850. The highest BCUT2D eigenvalue weighted by atomic mass is 79.9. The summed E-state index contributed by atoms with van der Waals surface area (Å²) < 4.78 is 12.3. The van der Waals surface area contributed by atoms with Crippen molar-refractivity contribution < 1.29 is 9.47 Å². The third-order valence-corrected chi connectivity index (χ3v) is 4.94. The minimum Gasteiger partial charge on any atom is -0.454 e. The molecule has 0 bridgehead atoms. The summed E-state index contributed by atoms with van der Waals surface area (Å²) >= 11 is 13.1. The van der Waals surface area contributed by atoms with Gasteiger partial charge in [0.05, 0.1) is 14.6 Å². The molecule has 1 aliphatic heterocycles. The zero-order valence-electron chi connectivity index (χ0n) is 11.3. The Labute approximate surface area is 144 Å². The molecule has 1 aliphatic rings. The van der Waals surface area contributed by atoms with Crippen LogP contribution in [0.15, 0.2) is 21.1 Å².